The lowest BCUT2D eigenvalue weighted by Gasteiger charge is -2.17. The molecule has 0 aliphatic heterocycles. The maximum absolute atomic E-state index is 15.9. The van der Waals surface area contributed by atoms with Gasteiger partial charge in [0.25, 0.3) is 21.1 Å². The summed E-state index contributed by atoms with van der Waals surface area (Å²) in [5.74, 6) is 0.0364. The maximum atomic E-state index is 15.9. The minimum absolute atomic E-state index is 0.0454. The van der Waals surface area contributed by atoms with E-state index in [0.717, 1.165) is 20.7 Å². The van der Waals surface area contributed by atoms with Crippen molar-refractivity contribution < 1.29 is 22.7 Å². The number of hydrogen-bond acceptors (Lipinski definition) is 6. The standard InChI is InChI=1S/C36H32FN3O6S/c1-21-12-14-25(15-13-21)47(44,45)40-30(26-11-7-10-24(20-41)33(26)37)16-28-29(18-39(5)36(43)34(28)40)27-17-32(42)38(4)19-31(27)46-35-22(2)8-6-9-23(35)3/h6-19,41H,20H2,1-5H3. The Balaban J connectivity index is 1.75. The first kappa shape index (κ1) is 31.7. The summed E-state index contributed by atoms with van der Waals surface area (Å²) in [6.45, 7) is 4.98. The molecular formula is C36H32FN3O6S. The molecule has 1 N–H and O–H groups in total. The second kappa shape index (κ2) is 11.8. The molecule has 11 heteroatoms. The zero-order valence-corrected chi connectivity index (χ0v) is 27.2. The SMILES string of the molecule is Cc1ccc(S(=O)(=O)n2c(-c3cccc(CO)c3F)cc3c(-c4cc(=O)n(C)cc4Oc4c(C)cccc4C)cn(C)c(=O)c32)cc1. The van der Waals surface area contributed by atoms with Gasteiger partial charge in [-0.2, -0.15) is 0 Å². The fraction of sp³-hybridized carbons (Fsp3) is 0.167. The minimum Gasteiger partial charge on any atom is -0.455 e. The Bertz CT molecular complexity index is 2420. The second-order valence-electron chi connectivity index (χ2n) is 11.6. The molecule has 0 amide bonds. The number of fused-ring (bicyclic) bond motifs is 1. The van der Waals surface area contributed by atoms with Gasteiger partial charge in [0.1, 0.15) is 17.1 Å². The Morgan fingerprint density at radius 1 is 0.809 bits per heavy atom. The molecule has 9 nitrogen and oxygen atoms in total. The van der Waals surface area contributed by atoms with Crippen molar-refractivity contribution in [3.8, 4) is 33.9 Å². The zero-order valence-electron chi connectivity index (χ0n) is 26.4. The molecule has 3 aromatic heterocycles. The van der Waals surface area contributed by atoms with Crippen molar-refractivity contribution in [3.05, 3.63) is 134 Å². The number of pyridine rings is 2. The Morgan fingerprint density at radius 3 is 2.13 bits per heavy atom. The summed E-state index contributed by atoms with van der Waals surface area (Å²) in [6, 6.07) is 18.9. The summed E-state index contributed by atoms with van der Waals surface area (Å²) in [5.41, 5.74) is 1.57. The van der Waals surface area contributed by atoms with Gasteiger partial charge in [0.05, 0.1) is 23.4 Å². The van der Waals surface area contributed by atoms with Gasteiger partial charge in [-0.3, -0.25) is 9.59 Å². The number of rotatable bonds is 7. The number of ether oxygens (including phenoxy) is 1. The number of halogens is 1. The summed E-state index contributed by atoms with van der Waals surface area (Å²) >= 11 is 0. The first-order valence-corrected chi connectivity index (χ1v) is 16.2. The third-order valence-corrected chi connectivity index (χ3v) is 10.0. The predicted octanol–water partition coefficient (Wildman–Crippen LogP) is 5.96. The third kappa shape index (κ3) is 5.37. The highest BCUT2D eigenvalue weighted by atomic mass is 32.2. The van der Waals surface area contributed by atoms with E-state index in [1.54, 1.807) is 19.2 Å². The molecule has 0 saturated carbocycles. The lowest BCUT2D eigenvalue weighted by molar-refractivity contribution is 0.276. The Morgan fingerprint density at radius 2 is 1.47 bits per heavy atom. The van der Waals surface area contributed by atoms with Gasteiger partial charge in [0, 0.05) is 54.0 Å². The Labute approximate surface area is 270 Å². The van der Waals surface area contributed by atoms with Crippen LogP contribution in [0.1, 0.15) is 22.3 Å². The molecule has 3 aromatic carbocycles. The smallest absolute Gasteiger partial charge is 0.275 e. The molecule has 0 fully saturated rings. The Kier molecular flexibility index (Phi) is 7.98. The van der Waals surface area contributed by atoms with Crippen LogP contribution < -0.4 is 15.9 Å². The van der Waals surface area contributed by atoms with Gasteiger partial charge in [0.2, 0.25) is 0 Å². The highest BCUT2D eigenvalue weighted by Gasteiger charge is 2.30. The first-order valence-electron chi connectivity index (χ1n) is 14.7. The van der Waals surface area contributed by atoms with Crippen LogP contribution in [0.15, 0.2) is 99.7 Å². The van der Waals surface area contributed by atoms with Crippen LogP contribution in [0.5, 0.6) is 11.5 Å². The van der Waals surface area contributed by atoms with Crippen LogP contribution >= 0.6 is 0 Å². The molecule has 0 bridgehead atoms. The molecule has 0 unspecified atom stereocenters. The van der Waals surface area contributed by atoms with Gasteiger partial charge < -0.3 is 19.0 Å². The van der Waals surface area contributed by atoms with Crippen LogP contribution in [-0.4, -0.2) is 26.6 Å². The molecule has 240 valence electrons. The van der Waals surface area contributed by atoms with E-state index in [9.17, 15) is 23.1 Å². The number of nitrogens with zero attached hydrogens (tertiary/aromatic N) is 3. The average molecular weight is 654 g/mol. The molecule has 6 rings (SSSR count). The van der Waals surface area contributed by atoms with Crippen molar-refractivity contribution >= 4 is 20.9 Å². The van der Waals surface area contributed by atoms with Crippen LogP contribution in [-0.2, 0) is 30.7 Å². The molecular weight excluding hydrogens is 621 g/mol. The van der Waals surface area contributed by atoms with E-state index < -0.39 is 28.0 Å². The Hall–Kier alpha value is -5.26. The maximum Gasteiger partial charge on any atom is 0.275 e. The molecule has 0 aliphatic rings. The lowest BCUT2D eigenvalue weighted by Crippen LogP contribution is -2.23. The summed E-state index contributed by atoms with van der Waals surface area (Å²) < 4.78 is 54.6. The highest BCUT2D eigenvalue weighted by molar-refractivity contribution is 7.90. The predicted molar refractivity (Wildman–Crippen MR) is 179 cm³/mol. The lowest BCUT2D eigenvalue weighted by atomic mass is 10.0. The molecule has 3 heterocycles. The average Bonchev–Trinajstić information content (AvgIpc) is 3.44. The van der Waals surface area contributed by atoms with Crippen molar-refractivity contribution in [3.63, 3.8) is 0 Å². The number of aliphatic hydroxyl groups excluding tert-OH is 1. The molecule has 0 saturated heterocycles. The van der Waals surface area contributed by atoms with Crippen LogP contribution in [0.25, 0.3) is 33.3 Å². The van der Waals surface area contributed by atoms with E-state index in [0.29, 0.717) is 16.9 Å². The van der Waals surface area contributed by atoms with Gasteiger partial charge in [0.15, 0.2) is 5.75 Å². The van der Waals surface area contributed by atoms with Gasteiger partial charge >= 0.3 is 0 Å². The first-order chi connectivity index (χ1) is 22.3. The largest absolute Gasteiger partial charge is 0.455 e. The number of benzene rings is 3. The quantitative estimate of drug-likeness (QED) is 0.228. The summed E-state index contributed by atoms with van der Waals surface area (Å²) in [5, 5.41) is 9.97. The third-order valence-electron chi connectivity index (χ3n) is 8.28. The summed E-state index contributed by atoms with van der Waals surface area (Å²) in [6.07, 6.45) is 3.04. The van der Waals surface area contributed by atoms with Crippen LogP contribution in [0.3, 0.4) is 0 Å². The van der Waals surface area contributed by atoms with Gasteiger partial charge in [-0.25, -0.2) is 16.8 Å². The molecule has 0 radical (unpaired) electrons. The van der Waals surface area contributed by atoms with Crippen molar-refractivity contribution in [1.82, 2.24) is 13.1 Å². The van der Waals surface area contributed by atoms with Crippen molar-refractivity contribution in [2.45, 2.75) is 32.3 Å². The number of para-hydroxylation sites is 1. The van der Waals surface area contributed by atoms with Gasteiger partial charge in [-0.15, -0.1) is 0 Å². The number of aliphatic hydroxyl groups is 1. The van der Waals surface area contributed by atoms with E-state index in [2.05, 4.69) is 0 Å². The minimum atomic E-state index is -4.50. The van der Waals surface area contributed by atoms with E-state index in [-0.39, 0.29) is 43.9 Å². The van der Waals surface area contributed by atoms with Crippen molar-refractivity contribution in [2.24, 2.45) is 14.1 Å². The molecule has 0 spiro atoms. The topological polar surface area (TPSA) is 113 Å². The highest BCUT2D eigenvalue weighted by Crippen LogP contribution is 2.41. The fourth-order valence-electron chi connectivity index (χ4n) is 5.72. The number of aryl methyl sites for hydroxylation is 5. The van der Waals surface area contributed by atoms with Crippen LogP contribution in [0.2, 0.25) is 0 Å². The monoisotopic (exact) mass is 653 g/mol. The molecule has 0 atom stereocenters. The van der Waals surface area contributed by atoms with E-state index >= 15 is 4.39 Å². The summed E-state index contributed by atoms with van der Waals surface area (Å²) in [4.78, 5) is 26.9. The number of hydrogen-bond donors (Lipinski definition) is 1. The van der Waals surface area contributed by atoms with Crippen molar-refractivity contribution in [1.29, 1.82) is 0 Å². The number of aromatic nitrogens is 3. The fourth-order valence-corrected chi connectivity index (χ4v) is 7.24. The van der Waals surface area contributed by atoms with Crippen molar-refractivity contribution in [2.75, 3.05) is 0 Å². The second-order valence-corrected chi connectivity index (χ2v) is 13.4. The van der Waals surface area contributed by atoms with Gasteiger partial charge in [-0.05, 0) is 56.2 Å². The molecule has 47 heavy (non-hydrogen) atoms. The van der Waals surface area contributed by atoms with E-state index in [4.69, 9.17) is 4.74 Å². The summed E-state index contributed by atoms with van der Waals surface area (Å²) in [7, 11) is -1.44. The van der Waals surface area contributed by atoms with Crippen LogP contribution in [0.4, 0.5) is 4.39 Å². The van der Waals surface area contributed by atoms with Gasteiger partial charge in [-0.1, -0.05) is 48.0 Å². The van der Waals surface area contributed by atoms with E-state index in [1.807, 2.05) is 39.0 Å². The molecule has 0 aliphatic carbocycles. The zero-order chi connectivity index (χ0) is 33.8. The van der Waals surface area contributed by atoms with Crippen LogP contribution in [0, 0.1) is 26.6 Å². The van der Waals surface area contributed by atoms with E-state index in [1.165, 1.54) is 71.0 Å². The molecule has 6 aromatic rings. The normalized spacial score (nSPS) is 11.7.